The van der Waals surface area contributed by atoms with Gasteiger partial charge in [-0.3, -0.25) is 0 Å². The molecule has 0 spiro atoms. The largest absolute Gasteiger partial charge is 0.478 e. The highest BCUT2D eigenvalue weighted by molar-refractivity contribution is 5.94. The summed E-state index contributed by atoms with van der Waals surface area (Å²) in [5, 5.41) is 9.07. The second kappa shape index (κ2) is 4.34. The molecule has 3 nitrogen and oxygen atoms in total. The number of carbonyl (C=O) groups is 1. The lowest BCUT2D eigenvalue weighted by atomic mass is 10.1. The van der Waals surface area contributed by atoms with Gasteiger partial charge in [0, 0.05) is 13.1 Å². The second-order valence-corrected chi connectivity index (χ2v) is 3.87. The highest BCUT2D eigenvalue weighted by Gasteiger charge is 2.16. The highest BCUT2D eigenvalue weighted by atomic mass is 16.4. The maximum absolute atomic E-state index is 11.0. The van der Waals surface area contributed by atoms with Gasteiger partial charge in [-0.2, -0.15) is 0 Å². The molecule has 0 aromatic heterocycles. The van der Waals surface area contributed by atoms with Crippen molar-refractivity contribution in [2.24, 2.45) is 0 Å². The molecule has 80 valence electrons. The number of carboxylic acid groups (broad SMARTS) is 1. The fourth-order valence-electron chi connectivity index (χ4n) is 2.07. The molecule has 2 rings (SSSR count). The van der Waals surface area contributed by atoms with Crippen LogP contribution in [0.25, 0.3) is 0 Å². The normalized spacial score (nSPS) is 16.4. The average Bonchev–Trinajstić information content (AvgIpc) is 2.30. The van der Waals surface area contributed by atoms with Gasteiger partial charge < -0.3 is 10.0 Å². The van der Waals surface area contributed by atoms with Crippen molar-refractivity contribution in [1.82, 2.24) is 0 Å². The van der Waals surface area contributed by atoms with Crippen molar-refractivity contribution in [3.05, 3.63) is 29.8 Å². The fourth-order valence-corrected chi connectivity index (χ4v) is 2.07. The van der Waals surface area contributed by atoms with E-state index in [4.69, 9.17) is 5.11 Å². The fraction of sp³-hybridized carbons (Fsp3) is 0.417. The van der Waals surface area contributed by atoms with E-state index in [0.717, 1.165) is 31.6 Å². The van der Waals surface area contributed by atoms with E-state index in [0.29, 0.717) is 5.56 Å². The molecule has 0 unspecified atom stereocenters. The van der Waals surface area contributed by atoms with Crippen LogP contribution >= 0.6 is 0 Å². The van der Waals surface area contributed by atoms with Crippen molar-refractivity contribution in [3.8, 4) is 0 Å². The third-order valence-electron chi connectivity index (χ3n) is 2.83. The lowest BCUT2D eigenvalue weighted by Gasteiger charge is -2.29. The quantitative estimate of drug-likeness (QED) is 0.805. The monoisotopic (exact) mass is 205 g/mol. The van der Waals surface area contributed by atoms with Gasteiger partial charge in [-0.25, -0.2) is 4.79 Å². The number of aromatic carboxylic acids is 1. The van der Waals surface area contributed by atoms with E-state index in [-0.39, 0.29) is 0 Å². The molecule has 1 heterocycles. The van der Waals surface area contributed by atoms with Gasteiger partial charge in [0.2, 0.25) is 0 Å². The van der Waals surface area contributed by atoms with Gasteiger partial charge in [0.1, 0.15) is 0 Å². The summed E-state index contributed by atoms with van der Waals surface area (Å²) in [5.74, 6) is -0.837. The molecule has 0 saturated carbocycles. The molecular weight excluding hydrogens is 190 g/mol. The number of anilines is 1. The number of carboxylic acids is 1. The van der Waals surface area contributed by atoms with E-state index >= 15 is 0 Å². The minimum atomic E-state index is -0.837. The van der Waals surface area contributed by atoms with Gasteiger partial charge in [-0.05, 0) is 31.4 Å². The van der Waals surface area contributed by atoms with Gasteiger partial charge in [-0.1, -0.05) is 12.1 Å². The Morgan fingerprint density at radius 3 is 2.47 bits per heavy atom. The molecular formula is C12H15NO2. The van der Waals surface area contributed by atoms with Crippen molar-refractivity contribution in [2.75, 3.05) is 18.0 Å². The molecule has 15 heavy (non-hydrogen) atoms. The van der Waals surface area contributed by atoms with Crippen LogP contribution in [0.4, 0.5) is 5.69 Å². The first-order chi connectivity index (χ1) is 7.29. The number of para-hydroxylation sites is 1. The van der Waals surface area contributed by atoms with Gasteiger partial charge in [0.05, 0.1) is 11.3 Å². The van der Waals surface area contributed by atoms with Crippen LogP contribution in [0.1, 0.15) is 29.6 Å². The third kappa shape index (κ3) is 2.12. The standard InChI is InChI=1S/C12H15NO2/c14-12(15)10-6-2-3-7-11(10)13-8-4-1-5-9-13/h2-3,6-7H,1,4-5,8-9H2,(H,14,15). The molecule has 0 aliphatic carbocycles. The van der Waals surface area contributed by atoms with Crippen molar-refractivity contribution in [1.29, 1.82) is 0 Å². The molecule has 0 radical (unpaired) electrons. The van der Waals surface area contributed by atoms with Gasteiger partial charge in [0.15, 0.2) is 0 Å². The average molecular weight is 205 g/mol. The summed E-state index contributed by atoms with van der Waals surface area (Å²) >= 11 is 0. The molecule has 1 aromatic carbocycles. The predicted octanol–water partition coefficient (Wildman–Crippen LogP) is 2.38. The lowest BCUT2D eigenvalue weighted by Crippen LogP contribution is -2.30. The number of hydrogen-bond acceptors (Lipinski definition) is 2. The summed E-state index contributed by atoms with van der Waals surface area (Å²) in [7, 11) is 0. The minimum absolute atomic E-state index is 0.416. The predicted molar refractivity (Wildman–Crippen MR) is 59.5 cm³/mol. The van der Waals surface area contributed by atoms with E-state index < -0.39 is 5.97 Å². The zero-order valence-electron chi connectivity index (χ0n) is 8.65. The van der Waals surface area contributed by atoms with Crippen LogP contribution in [0.5, 0.6) is 0 Å². The smallest absolute Gasteiger partial charge is 0.337 e. The summed E-state index contributed by atoms with van der Waals surface area (Å²) in [4.78, 5) is 13.2. The Hall–Kier alpha value is -1.51. The minimum Gasteiger partial charge on any atom is -0.478 e. The Kier molecular flexibility index (Phi) is 2.90. The first kappa shape index (κ1) is 10.0. The molecule has 1 aliphatic rings. The van der Waals surface area contributed by atoms with Crippen molar-refractivity contribution in [3.63, 3.8) is 0 Å². The first-order valence-corrected chi connectivity index (χ1v) is 5.36. The number of benzene rings is 1. The van der Waals surface area contributed by atoms with Gasteiger partial charge in [0.25, 0.3) is 0 Å². The maximum atomic E-state index is 11.0. The summed E-state index contributed by atoms with van der Waals surface area (Å²) in [6, 6.07) is 7.24. The summed E-state index contributed by atoms with van der Waals surface area (Å²) in [6.07, 6.45) is 3.58. The van der Waals surface area contributed by atoms with E-state index in [1.807, 2.05) is 12.1 Å². The van der Waals surface area contributed by atoms with Crippen LogP contribution in [-0.4, -0.2) is 24.2 Å². The number of rotatable bonds is 2. The molecule has 0 amide bonds. The van der Waals surface area contributed by atoms with Crippen LogP contribution in [0.2, 0.25) is 0 Å². The van der Waals surface area contributed by atoms with Gasteiger partial charge in [-0.15, -0.1) is 0 Å². The molecule has 1 aliphatic heterocycles. The topological polar surface area (TPSA) is 40.5 Å². The zero-order valence-corrected chi connectivity index (χ0v) is 8.65. The van der Waals surface area contributed by atoms with E-state index in [1.54, 1.807) is 12.1 Å². The number of hydrogen-bond donors (Lipinski definition) is 1. The van der Waals surface area contributed by atoms with Crippen LogP contribution in [0.15, 0.2) is 24.3 Å². The first-order valence-electron chi connectivity index (χ1n) is 5.36. The number of nitrogens with zero attached hydrogens (tertiary/aromatic N) is 1. The molecule has 3 heteroatoms. The summed E-state index contributed by atoms with van der Waals surface area (Å²) in [6.45, 7) is 1.95. The molecule has 1 fully saturated rings. The van der Waals surface area contributed by atoms with E-state index in [1.165, 1.54) is 6.42 Å². The maximum Gasteiger partial charge on any atom is 0.337 e. The van der Waals surface area contributed by atoms with Crippen LogP contribution in [0, 0.1) is 0 Å². The van der Waals surface area contributed by atoms with E-state index in [2.05, 4.69) is 4.90 Å². The van der Waals surface area contributed by atoms with E-state index in [9.17, 15) is 4.79 Å². The Morgan fingerprint density at radius 2 is 1.80 bits per heavy atom. The molecule has 0 bridgehead atoms. The third-order valence-corrected chi connectivity index (χ3v) is 2.83. The SMILES string of the molecule is O=C(O)c1ccccc1N1CCCCC1. The Labute approximate surface area is 89.3 Å². The Balaban J connectivity index is 2.29. The highest BCUT2D eigenvalue weighted by Crippen LogP contribution is 2.23. The van der Waals surface area contributed by atoms with Crippen LogP contribution in [0.3, 0.4) is 0 Å². The molecule has 0 atom stereocenters. The number of piperidine rings is 1. The lowest BCUT2D eigenvalue weighted by molar-refractivity contribution is 0.0697. The molecule has 1 saturated heterocycles. The molecule has 1 aromatic rings. The molecule has 1 N–H and O–H groups in total. The van der Waals surface area contributed by atoms with Crippen molar-refractivity contribution in [2.45, 2.75) is 19.3 Å². The summed E-state index contributed by atoms with van der Waals surface area (Å²) < 4.78 is 0. The van der Waals surface area contributed by atoms with Gasteiger partial charge >= 0.3 is 5.97 Å². The Bertz CT molecular complexity index is 356. The zero-order chi connectivity index (χ0) is 10.7. The second-order valence-electron chi connectivity index (χ2n) is 3.87. The summed E-state index contributed by atoms with van der Waals surface area (Å²) in [5.41, 5.74) is 1.28. The Morgan fingerprint density at radius 1 is 1.13 bits per heavy atom. The van der Waals surface area contributed by atoms with Crippen molar-refractivity contribution < 1.29 is 9.90 Å². The van der Waals surface area contributed by atoms with Crippen LogP contribution in [-0.2, 0) is 0 Å². The van der Waals surface area contributed by atoms with Crippen molar-refractivity contribution >= 4 is 11.7 Å². The van der Waals surface area contributed by atoms with Crippen LogP contribution < -0.4 is 4.90 Å².